The number of benzene rings is 1. The van der Waals surface area contributed by atoms with E-state index in [0.29, 0.717) is 23.0 Å². The molecule has 112 valence electrons. The third-order valence-electron chi connectivity index (χ3n) is 2.55. The Morgan fingerprint density at radius 3 is 2.05 bits per heavy atom. The lowest BCUT2D eigenvalue weighted by Crippen LogP contribution is -1.99. The van der Waals surface area contributed by atoms with Gasteiger partial charge in [-0.3, -0.25) is 0 Å². The maximum absolute atomic E-state index is 5.80. The minimum atomic E-state index is 0.0185. The maximum Gasteiger partial charge on any atom is 0.225 e. The quantitative estimate of drug-likeness (QED) is 0.849. The van der Waals surface area contributed by atoms with Crippen LogP contribution in [0.5, 0.6) is 28.9 Å². The standard InChI is InChI=1S/C13H14ClN3O4/c1-18-8-4-7(5-9(19-2)12(8)20-3)21-11-6-10(14)16-13(15)17-11/h4-6H,1-3H3,(H2,15,16,17). The first-order valence-corrected chi connectivity index (χ1v) is 6.23. The van der Waals surface area contributed by atoms with E-state index in [1.54, 1.807) is 12.1 Å². The van der Waals surface area contributed by atoms with Crippen LogP contribution in [0.25, 0.3) is 0 Å². The van der Waals surface area contributed by atoms with E-state index in [4.69, 9.17) is 36.3 Å². The zero-order chi connectivity index (χ0) is 15.4. The summed E-state index contributed by atoms with van der Waals surface area (Å²) in [5, 5.41) is 0.185. The first kappa shape index (κ1) is 15.0. The Hall–Kier alpha value is -2.41. The van der Waals surface area contributed by atoms with Crippen molar-refractivity contribution in [2.75, 3.05) is 27.1 Å². The molecule has 0 aliphatic rings. The van der Waals surface area contributed by atoms with Crippen molar-refractivity contribution in [2.24, 2.45) is 0 Å². The van der Waals surface area contributed by atoms with Crippen LogP contribution in [0.3, 0.4) is 0 Å². The fraction of sp³-hybridized carbons (Fsp3) is 0.231. The minimum Gasteiger partial charge on any atom is -0.493 e. The number of rotatable bonds is 5. The molecule has 2 aromatic rings. The summed E-state index contributed by atoms with van der Waals surface area (Å²) in [6.07, 6.45) is 0. The van der Waals surface area contributed by atoms with Gasteiger partial charge in [0.15, 0.2) is 11.5 Å². The van der Waals surface area contributed by atoms with E-state index in [9.17, 15) is 0 Å². The highest BCUT2D eigenvalue weighted by Gasteiger charge is 2.15. The molecule has 21 heavy (non-hydrogen) atoms. The number of hydrogen-bond donors (Lipinski definition) is 1. The fourth-order valence-corrected chi connectivity index (χ4v) is 1.88. The molecular formula is C13H14ClN3O4. The molecule has 2 N–H and O–H groups in total. The van der Waals surface area contributed by atoms with Gasteiger partial charge in [-0.05, 0) is 0 Å². The van der Waals surface area contributed by atoms with Crippen molar-refractivity contribution in [2.45, 2.75) is 0 Å². The van der Waals surface area contributed by atoms with Gasteiger partial charge >= 0.3 is 0 Å². The molecule has 2 rings (SSSR count). The van der Waals surface area contributed by atoms with Crippen molar-refractivity contribution in [3.05, 3.63) is 23.4 Å². The molecule has 0 bridgehead atoms. The first-order chi connectivity index (χ1) is 10.1. The zero-order valence-corrected chi connectivity index (χ0v) is 12.5. The molecule has 0 spiro atoms. The molecule has 1 aromatic carbocycles. The number of aromatic nitrogens is 2. The van der Waals surface area contributed by atoms with Gasteiger partial charge in [-0.1, -0.05) is 11.6 Å². The molecule has 7 nitrogen and oxygen atoms in total. The van der Waals surface area contributed by atoms with E-state index in [1.807, 2.05) is 0 Å². The van der Waals surface area contributed by atoms with Gasteiger partial charge in [0.2, 0.25) is 17.6 Å². The van der Waals surface area contributed by atoms with Crippen LogP contribution in [0, 0.1) is 0 Å². The number of nitrogen functional groups attached to an aromatic ring is 1. The summed E-state index contributed by atoms with van der Waals surface area (Å²) >= 11 is 5.80. The van der Waals surface area contributed by atoms with Crippen LogP contribution in [-0.2, 0) is 0 Å². The van der Waals surface area contributed by atoms with Gasteiger partial charge in [0.1, 0.15) is 10.9 Å². The molecule has 0 saturated heterocycles. The van der Waals surface area contributed by atoms with Crippen LogP contribution in [0.1, 0.15) is 0 Å². The van der Waals surface area contributed by atoms with E-state index in [-0.39, 0.29) is 17.0 Å². The van der Waals surface area contributed by atoms with Gasteiger partial charge in [0.25, 0.3) is 0 Å². The van der Waals surface area contributed by atoms with Gasteiger partial charge in [-0.2, -0.15) is 4.98 Å². The average Bonchev–Trinajstić information content (AvgIpc) is 2.45. The second-order valence-corrected chi connectivity index (χ2v) is 4.24. The average molecular weight is 312 g/mol. The highest BCUT2D eigenvalue weighted by atomic mass is 35.5. The Morgan fingerprint density at radius 1 is 0.952 bits per heavy atom. The third-order valence-corrected chi connectivity index (χ3v) is 2.74. The molecule has 1 heterocycles. The fourth-order valence-electron chi connectivity index (χ4n) is 1.70. The van der Waals surface area contributed by atoms with E-state index in [2.05, 4.69) is 9.97 Å². The SMILES string of the molecule is COc1cc(Oc2cc(Cl)nc(N)n2)cc(OC)c1OC. The van der Waals surface area contributed by atoms with Gasteiger partial charge < -0.3 is 24.7 Å². The highest BCUT2D eigenvalue weighted by Crippen LogP contribution is 2.41. The van der Waals surface area contributed by atoms with Crippen molar-refractivity contribution >= 4 is 17.5 Å². The summed E-state index contributed by atoms with van der Waals surface area (Å²) in [6.45, 7) is 0. The number of hydrogen-bond acceptors (Lipinski definition) is 7. The van der Waals surface area contributed by atoms with Gasteiger partial charge in [-0.25, -0.2) is 4.98 Å². The molecule has 0 saturated carbocycles. The maximum atomic E-state index is 5.80. The van der Waals surface area contributed by atoms with Crippen molar-refractivity contribution < 1.29 is 18.9 Å². The number of methoxy groups -OCH3 is 3. The van der Waals surface area contributed by atoms with Crippen LogP contribution in [0.2, 0.25) is 5.15 Å². The van der Waals surface area contributed by atoms with Crippen LogP contribution >= 0.6 is 11.6 Å². The minimum absolute atomic E-state index is 0.0185. The van der Waals surface area contributed by atoms with E-state index in [0.717, 1.165) is 0 Å². The molecule has 0 aliphatic heterocycles. The van der Waals surface area contributed by atoms with E-state index in [1.165, 1.54) is 27.4 Å². The topological polar surface area (TPSA) is 88.7 Å². The lowest BCUT2D eigenvalue weighted by atomic mass is 10.2. The monoisotopic (exact) mass is 311 g/mol. The second-order valence-electron chi connectivity index (χ2n) is 3.85. The molecular weight excluding hydrogens is 298 g/mol. The smallest absolute Gasteiger partial charge is 0.225 e. The Labute approximate surface area is 126 Å². The summed E-state index contributed by atoms with van der Waals surface area (Å²) < 4.78 is 21.3. The number of ether oxygens (including phenoxy) is 4. The number of halogens is 1. The molecule has 0 amide bonds. The second kappa shape index (κ2) is 6.36. The van der Waals surface area contributed by atoms with E-state index >= 15 is 0 Å². The first-order valence-electron chi connectivity index (χ1n) is 5.85. The number of anilines is 1. The molecule has 0 aliphatic carbocycles. The summed E-state index contributed by atoms with van der Waals surface area (Å²) in [7, 11) is 4.55. The highest BCUT2D eigenvalue weighted by molar-refractivity contribution is 6.29. The normalized spacial score (nSPS) is 10.1. The van der Waals surface area contributed by atoms with Gasteiger partial charge in [-0.15, -0.1) is 0 Å². The van der Waals surface area contributed by atoms with Crippen LogP contribution < -0.4 is 24.7 Å². The van der Waals surface area contributed by atoms with Gasteiger partial charge in [0.05, 0.1) is 21.3 Å². The van der Waals surface area contributed by atoms with Gasteiger partial charge in [0, 0.05) is 18.2 Å². The lowest BCUT2D eigenvalue weighted by Gasteiger charge is -2.14. The predicted molar refractivity (Wildman–Crippen MR) is 77.6 cm³/mol. The molecule has 0 fully saturated rings. The summed E-state index contributed by atoms with van der Waals surface area (Å²) in [5.74, 6) is 2.04. The van der Waals surface area contributed by atoms with Crippen LogP contribution in [0.15, 0.2) is 18.2 Å². The van der Waals surface area contributed by atoms with Crippen molar-refractivity contribution in [3.8, 4) is 28.9 Å². The molecule has 1 aromatic heterocycles. The molecule has 8 heteroatoms. The number of nitrogens with zero attached hydrogens (tertiary/aromatic N) is 2. The summed E-state index contributed by atoms with van der Waals surface area (Å²) in [4.78, 5) is 7.68. The van der Waals surface area contributed by atoms with Crippen molar-refractivity contribution in [3.63, 3.8) is 0 Å². The Morgan fingerprint density at radius 2 is 1.57 bits per heavy atom. The summed E-state index contributed by atoms with van der Waals surface area (Å²) in [5.41, 5.74) is 5.51. The van der Waals surface area contributed by atoms with Crippen molar-refractivity contribution in [1.29, 1.82) is 0 Å². The molecule has 0 unspecified atom stereocenters. The van der Waals surface area contributed by atoms with Crippen LogP contribution in [0.4, 0.5) is 5.95 Å². The van der Waals surface area contributed by atoms with E-state index < -0.39 is 0 Å². The van der Waals surface area contributed by atoms with Crippen LogP contribution in [-0.4, -0.2) is 31.3 Å². The molecule has 0 atom stereocenters. The molecule has 0 radical (unpaired) electrons. The Balaban J connectivity index is 2.40. The lowest BCUT2D eigenvalue weighted by molar-refractivity contribution is 0.320. The predicted octanol–water partition coefficient (Wildman–Crippen LogP) is 2.53. The summed E-state index contributed by atoms with van der Waals surface area (Å²) in [6, 6.07) is 4.71. The Bertz CT molecular complexity index is 606. The Kier molecular flexibility index (Phi) is 4.54. The third kappa shape index (κ3) is 3.38. The zero-order valence-electron chi connectivity index (χ0n) is 11.7. The number of nitrogens with two attached hydrogens (primary N) is 1. The van der Waals surface area contributed by atoms with Crippen molar-refractivity contribution in [1.82, 2.24) is 9.97 Å². The largest absolute Gasteiger partial charge is 0.493 e.